The Morgan fingerprint density at radius 3 is 2.36 bits per heavy atom. The summed E-state index contributed by atoms with van der Waals surface area (Å²) >= 11 is 0. The first kappa shape index (κ1) is 20.0. The van der Waals surface area contributed by atoms with E-state index in [9.17, 15) is 9.90 Å². The summed E-state index contributed by atoms with van der Waals surface area (Å²) in [7, 11) is 4.92. The molecule has 0 aromatic heterocycles. The third kappa shape index (κ3) is 4.07. The maximum atomic E-state index is 11.4. The van der Waals surface area contributed by atoms with E-state index in [-0.39, 0.29) is 12.0 Å². The summed E-state index contributed by atoms with van der Waals surface area (Å²) in [4.78, 5) is 13.7. The Balaban J connectivity index is 2.04. The summed E-state index contributed by atoms with van der Waals surface area (Å²) in [6.45, 7) is 1.39. The minimum Gasteiger partial charge on any atom is -0.497 e. The van der Waals surface area contributed by atoms with Gasteiger partial charge in [0.25, 0.3) is 0 Å². The van der Waals surface area contributed by atoms with Gasteiger partial charge in [-0.2, -0.15) is 0 Å². The molecule has 0 spiro atoms. The maximum absolute atomic E-state index is 11.4. The van der Waals surface area contributed by atoms with Crippen LogP contribution in [0.2, 0.25) is 0 Å². The monoisotopic (exact) mass is 385 g/mol. The van der Waals surface area contributed by atoms with Gasteiger partial charge in [0.15, 0.2) is 11.5 Å². The number of nitrogens with zero attached hydrogens (tertiary/aromatic N) is 1. The molecule has 1 saturated heterocycles. The zero-order chi connectivity index (χ0) is 20.1. The molecule has 1 heterocycles. The highest BCUT2D eigenvalue weighted by Crippen LogP contribution is 2.41. The molecule has 0 amide bonds. The van der Waals surface area contributed by atoms with Crippen molar-refractivity contribution in [1.29, 1.82) is 0 Å². The molecule has 1 aliphatic heterocycles. The third-order valence-corrected chi connectivity index (χ3v) is 5.38. The number of carboxylic acids is 1. The van der Waals surface area contributed by atoms with Crippen LogP contribution in [0.1, 0.15) is 30.0 Å². The maximum Gasteiger partial charge on any atom is 0.306 e. The van der Waals surface area contributed by atoms with E-state index < -0.39 is 5.97 Å². The number of carboxylic acid groups (broad SMARTS) is 1. The molecule has 0 aliphatic carbocycles. The Labute approximate surface area is 165 Å². The van der Waals surface area contributed by atoms with Gasteiger partial charge in [0.1, 0.15) is 5.75 Å². The lowest BCUT2D eigenvalue weighted by atomic mass is 9.90. The van der Waals surface area contributed by atoms with Crippen molar-refractivity contribution in [1.82, 2.24) is 4.90 Å². The minimum absolute atomic E-state index is 0.0881. The lowest BCUT2D eigenvalue weighted by molar-refractivity contribution is -0.143. The average Bonchev–Trinajstić information content (AvgIpc) is 2.74. The van der Waals surface area contributed by atoms with Crippen molar-refractivity contribution in [3.63, 3.8) is 0 Å². The van der Waals surface area contributed by atoms with Gasteiger partial charge in [-0.15, -0.1) is 0 Å². The first-order valence-corrected chi connectivity index (χ1v) is 9.40. The van der Waals surface area contributed by atoms with E-state index >= 15 is 0 Å². The standard InChI is InChI=1S/C22H27NO5/c1-26-17-7-4-6-16(14-17)20(23-12-10-15(11-13-23)22(24)25)18-8-5-9-19(27-2)21(18)28-3/h4-9,14-15,20H,10-13H2,1-3H3,(H,24,25). The molecule has 2 aromatic rings. The van der Waals surface area contributed by atoms with Crippen molar-refractivity contribution in [2.45, 2.75) is 18.9 Å². The summed E-state index contributed by atoms with van der Waals surface area (Å²) in [5.41, 5.74) is 2.06. The molecule has 1 fully saturated rings. The topological polar surface area (TPSA) is 68.2 Å². The molecule has 0 bridgehead atoms. The Hall–Kier alpha value is -2.73. The van der Waals surface area contributed by atoms with Crippen LogP contribution in [0, 0.1) is 5.92 Å². The number of carbonyl (C=O) groups is 1. The van der Waals surface area contributed by atoms with Crippen LogP contribution in [0.4, 0.5) is 0 Å². The highest BCUT2D eigenvalue weighted by atomic mass is 16.5. The first-order chi connectivity index (χ1) is 13.6. The van der Waals surface area contributed by atoms with Crippen LogP contribution in [0.3, 0.4) is 0 Å². The third-order valence-electron chi connectivity index (χ3n) is 5.38. The van der Waals surface area contributed by atoms with Crippen LogP contribution in [0.15, 0.2) is 42.5 Å². The number of hydrogen-bond donors (Lipinski definition) is 1. The quantitative estimate of drug-likeness (QED) is 0.785. The van der Waals surface area contributed by atoms with Crippen LogP contribution in [-0.4, -0.2) is 50.4 Å². The summed E-state index contributed by atoms with van der Waals surface area (Å²) in [6.07, 6.45) is 1.25. The predicted octanol–water partition coefficient (Wildman–Crippen LogP) is 3.60. The van der Waals surface area contributed by atoms with Gasteiger partial charge < -0.3 is 19.3 Å². The minimum atomic E-state index is -0.712. The van der Waals surface area contributed by atoms with E-state index in [4.69, 9.17) is 14.2 Å². The highest BCUT2D eigenvalue weighted by molar-refractivity contribution is 5.70. The van der Waals surface area contributed by atoms with Gasteiger partial charge in [0, 0.05) is 5.56 Å². The van der Waals surface area contributed by atoms with Crippen molar-refractivity contribution in [3.8, 4) is 17.2 Å². The number of likely N-dealkylation sites (tertiary alicyclic amines) is 1. The van der Waals surface area contributed by atoms with Crippen LogP contribution < -0.4 is 14.2 Å². The Bertz CT molecular complexity index is 814. The van der Waals surface area contributed by atoms with Crippen LogP contribution >= 0.6 is 0 Å². The van der Waals surface area contributed by atoms with Crippen molar-refractivity contribution >= 4 is 5.97 Å². The summed E-state index contributed by atoms with van der Waals surface area (Å²) in [5, 5.41) is 9.34. The van der Waals surface area contributed by atoms with E-state index in [0.29, 0.717) is 37.4 Å². The van der Waals surface area contributed by atoms with Gasteiger partial charge in [0.05, 0.1) is 33.3 Å². The summed E-state index contributed by atoms with van der Waals surface area (Å²) in [5.74, 6) is 1.15. The van der Waals surface area contributed by atoms with E-state index in [1.807, 2.05) is 36.4 Å². The fraction of sp³-hybridized carbons (Fsp3) is 0.409. The normalized spacial score (nSPS) is 16.4. The molecular weight excluding hydrogens is 358 g/mol. The van der Waals surface area contributed by atoms with Crippen molar-refractivity contribution in [3.05, 3.63) is 53.6 Å². The summed E-state index contributed by atoms with van der Waals surface area (Å²) in [6, 6.07) is 13.7. The predicted molar refractivity (Wildman–Crippen MR) is 106 cm³/mol. The number of rotatable bonds is 7. The van der Waals surface area contributed by atoms with E-state index in [1.165, 1.54) is 0 Å². The zero-order valence-corrected chi connectivity index (χ0v) is 16.6. The zero-order valence-electron chi connectivity index (χ0n) is 16.6. The second-order valence-electron chi connectivity index (χ2n) is 6.91. The van der Waals surface area contributed by atoms with Gasteiger partial charge in [-0.3, -0.25) is 9.69 Å². The fourth-order valence-electron chi connectivity index (χ4n) is 3.93. The number of ether oxygens (including phenoxy) is 3. The van der Waals surface area contributed by atoms with Crippen LogP contribution in [0.25, 0.3) is 0 Å². The smallest absolute Gasteiger partial charge is 0.306 e. The first-order valence-electron chi connectivity index (χ1n) is 9.40. The lowest BCUT2D eigenvalue weighted by Crippen LogP contribution is -2.39. The highest BCUT2D eigenvalue weighted by Gasteiger charge is 2.32. The number of benzene rings is 2. The molecule has 2 aromatic carbocycles. The van der Waals surface area contributed by atoms with Gasteiger partial charge >= 0.3 is 5.97 Å². The number of methoxy groups -OCH3 is 3. The Kier molecular flexibility index (Phi) is 6.41. The van der Waals surface area contributed by atoms with Crippen molar-refractivity contribution in [2.24, 2.45) is 5.92 Å². The number of aliphatic carboxylic acids is 1. The van der Waals surface area contributed by atoms with Gasteiger partial charge in [-0.1, -0.05) is 24.3 Å². The molecule has 1 N–H and O–H groups in total. The second kappa shape index (κ2) is 8.97. The molecule has 1 atom stereocenters. The SMILES string of the molecule is COc1cccc(C(c2cccc(OC)c2OC)N2CCC(C(=O)O)CC2)c1. The van der Waals surface area contributed by atoms with E-state index in [1.54, 1.807) is 21.3 Å². The molecule has 6 nitrogen and oxygen atoms in total. The largest absolute Gasteiger partial charge is 0.497 e. The molecule has 1 aliphatic rings. The van der Waals surface area contributed by atoms with Gasteiger partial charge in [-0.05, 0) is 49.7 Å². The van der Waals surface area contributed by atoms with E-state index in [0.717, 1.165) is 16.9 Å². The number of para-hydroxylation sites is 1. The molecular formula is C22H27NO5. The van der Waals surface area contributed by atoms with Gasteiger partial charge in [-0.25, -0.2) is 0 Å². The summed E-state index contributed by atoms with van der Waals surface area (Å²) < 4.78 is 16.6. The average molecular weight is 385 g/mol. The van der Waals surface area contributed by atoms with Crippen molar-refractivity contribution in [2.75, 3.05) is 34.4 Å². The Morgan fingerprint density at radius 2 is 1.75 bits per heavy atom. The molecule has 0 radical (unpaired) electrons. The second-order valence-corrected chi connectivity index (χ2v) is 6.91. The molecule has 3 rings (SSSR count). The molecule has 0 saturated carbocycles. The molecule has 28 heavy (non-hydrogen) atoms. The molecule has 6 heteroatoms. The van der Waals surface area contributed by atoms with Crippen LogP contribution in [0.5, 0.6) is 17.2 Å². The lowest BCUT2D eigenvalue weighted by Gasteiger charge is -2.37. The van der Waals surface area contributed by atoms with Gasteiger partial charge in [0.2, 0.25) is 0 Å². The number of hydrogen-bond acceptors (Lipinski definition) is 5. The van der Waals surface area contributed by atoms with E-state index in [2.05, 4.69) is 11.0 Å². The van der Waals surface area contributed by atoms with Crippen molar-refractivity contribution < 1.29 is 24.1 Å². The number of piperidine rings is 1. The van der Waals surface area contributed by atoms with Crippen LogP contribution in [-0.2, 0) is 4.79 Å². The fourth-order valence-corrected chi connectivity index (χ4v) is 3.93. The Morgan fingerprint density at radius 1 is 1.04 bits per heavy atom. The molecule has 1 unspecified atom stereocenters. The molecule has 150 valence electrons.